The Morgan fingerprint density at radius 1 is 1.31 bits per heavy atom. The van der Waals surface area contributed by atoms with Gasteiger partial charge in [-0.2, -0.15) is 4.98 Å². The van der Waals surface area contributed by atoms with E-state index in [1.807, 2.05) is 46.0 Å². The van der Waals surface area contributed by atoms with Crippen LogP contribution >= 0.6 is 0 Å². The van der Waals surface area contributed by atoms with E-state index >= 15 is 0 Å². The van der Waals surface area contributed by atoms with Gasteiger partial charge in [0.15, 0.2) is 0 Å². The summed E-state index contributed by atoms with van der Waals surface area (Å²) >= 11 is 0. The number of hydrogen-bond acceptors (Lipinski definition) is 5. The minimum Gasteiger partial charge on any atom is -0.472 e. The third-order valence-corrected chi connectivity index (χ3v) is 4.49. The first-order valence-corrected chi connectivity index (χ1v) is 8.62. The van der Waals surface area contributed by atoms with Crippen LogP contribution in [0, 0.1) is 0 Å². The third kappa shape index (κ3) is 3.33. The third-order valence-electron chi connectivity index (χ3n) is 4.49. The molecule has 0 radical (unpaired) electrons. The van der Waals surface area contributed by atoms with Crippen molar-refractivity contribution in [3.05, 3.63) is 54.5 Å². The number of carbonyl (C=O) groups is 1. The second-order valence-electron chi connectivity index (χ2n) is 6.28. The number of hydrogen-bond donors (Lipinski definition) is 0. The number of rotatable bonds is 4. The molecule has 0 aliphatic carbocycles. The molecule has 0 spiro atoms. The lowest BCUT2D eigenvalue weighted by atomic mass is 10.1. The Kier molecular flexibility index (Phi) is 4.43. The van der Waals surface area contributed by atoms with Crippen molar-refractivity contribution in [1.29, 1.82) is 0 Å². The Bertz CT molecular complexity index is 891. The summed E-state index contributed by atoms with van der Waals surface area (Å²) in [6, 6.07) is 9.78. The van der Waals surface area contributed by atoms with Crippen LogP contribution in [0.3, 0.4) is 0 Å². The van der Waals surface area contributed by atoms with Crippen LogP contribution in [-0.2, 0) is 0 Å². The Morgan fingerprint density at radius 2 is 2.23 bits per heavy atom. The lowest BCUT2D eigenvalue weighted by Crippen LogP contribution is -2.44. The molecule has 1 saturated heterocycles. The number of amides is 1. The molecule has 1 amide bonds. The molecular formula is C19H20N4O3. The highest BCUT2D eigenvalue weighted by Gasteiger charge is 2.26. The molecule has 7 heteroatoms. The van der Waals surface area contributed by atoms with Crippen molar-refractivity contribution >= 4 is 11.4 Å². The van der Waals surface area contributed by atoms with Crippen molar-refractivity contribution in [2.75, 3.05) is 20.2 Å². The van der Waals surface area contributed by atoms with Gasteiger partial charge in [0, 0.05) is 36.7 Å². The average Bonchev–Trinajstić information content (AvgIpc) is 3.12. The van der Waals surface area contributed by atoms with Crippen LogP contribution in [0.1, 0.15) is 23.2 Å². The molecule has 3 aromatic heterocycles. The molecule has 4 rings (SSSR count). The van der Waals surface area contributed by atoms with Crippen LogP contribution in [0.5, 0.6) is 11.9 Å². The Morgan fingerprint density at radius 3 is 3.08 bits per heavy atom. The van der Waals surface area contributed by atoms with Crippen molar-refractivity contribution < 1.29 is 14.3 Å². The number of likely N-dealkylation sites (tertiary alicyclic amines) is 1. The van der Waals surface area contributed by atoms with Crippen LogP contribution in [-0.4, -0.2) is 51.5 Å². The normalized spacial score (nSPS) is 17.3. The number of ether oxygens (including phenoxy) is 2. The molecule has 1 fully saturated rings. The molecule has 134 valence electrons. The van der Waals surface area contributed by atoms with Gasteiger partial charge in [-0.15, -0.1) is 0 Å². The number of piperidine rings is 1. The lowest BCUT2D eigenvalue weighted by Gasteiger charge is -2.32. The number of carbonyl (C=O) groups excluding carboxylic acids is 1. The maximum atomic E-state index is 12.9. The molecule has 0 N–H and O–H groups in total. The summed E-state index contributed by atoms with van der Waals surface area (Å²) in [6.45, 7) is 1.27. The number of methoxy groups -OCH3 is 1. The van der Waals surface area contributed by atoms with E-state index in [-0.39, 0.29) is 18.0 Å². The van der Waals surface area contributed by atoms with Crippen LogP contribution in [0.25, 0.3) is 5.52 Å². The first kappa shape index (κ1) is 16.4. The summed E-state index contributed by atoms with van der Waals surface area (Å²) in [5, 5.41) is 0. The fraction of sp³-hybridized carbons (Fsp3) is 0.316. The summed E-state index contributed by atoms with van der Waals surface area (Å²) in [5.41, 5.74) is 1.70. The highest BCUT2D eigenvalue weighted by atomic mass is 16.5. The molecule has 0 saturated carbocycles. The fourth-order valence-electron chi connectivity index (χ4n) is 3.23. The molecule has 3 aromatic rings. The summed E-state index contributed by atoms with van der Waals surface area (Å²) in [6.07, 6.45) is 7.09. The van der Waals surface area contributed by atoms with Gasteiger partial charge in [-0.25, -0.2) is 4.98 Å². The molecule has 1 atom stereocenters. The zero-order valence-electron chi connectivity index (χ0n) is 14.5. The largest absolute Gasteiger partial charge is 0.472 e. The molecule has 4 heterocycles. The lowest BCUT2D eigenvalue weighted by molar-refractivity contribution is 0.0526. The van der Waals surface area contributed by atoms with E-state index < -0.39 is 0 Å². The first-order chi connectivity index (χ1) is 12.7. The van der Waals surface area contributed by atoms with Gasteiger partial charge in [0.1, 0.15) is 6.10 Å². The molecular weight excluding hydrogens is 332 g/mol. The molecule has 1 unspecified atom stereocenters. The molecule has 0 aromatic carbocycles. The van der Waals surface area contributed by atoms with Crippen molar-refractivity contribution in [2.45, 2.75) is 18.9 Å². The zero-order chi connectivity index (χ0) is 17.9. The van der Waals surface area contributed by atoms with Gasteiger partial charge < -0.3 is 18.8 Å². The molecule has 7 nitrogen and oxygen atoms in total. The minimum atomic E-state index is -0.0932. The molecule has 0 bridgehead atoms. The van der Waals surface area contributed by atoms with E-state index in [0.717, 1.165) is 24.9 Å². The molecule has 1 aliphatic rings. The second kappa shape index (κ2) is 7.03. The topological polar surface area (TPSA) is 69.0 Å². The minimum absolute atomic E-state index is 0.0299. The SMILES string of the molecule is COc1nccc(OC2CCCN(C(=O)c3cc4ccccn4c3)C2)n1. The van der Waals surface area contributed by atoms with E-state index in [2.05, 4.69) is 9.97 Å². The number of aromatic nitrogens is 3. The average molecular weight is 352 g/mol. The summed E-state index contributed by atoms with van der Waals surface area (Å²) in [7, 11) is 1.52. The number of nitrogens with zero attached hydrogens (tertiary/aromatic N) is 4. The fourth-order valence-corrected chi connectivity index (χ4v) is 3.23. The first-order valence-electron chi connectivity index (χ1n) is 8.62. The van der Waals surface area contributed by atoms with Gasteiger partial charge in [-0.3, -0.25) is 4.79 Å². The maximum absolute atomic E-state index is 12.9. The highest BCUT2D eigenvalue weighted by Crippen LogP contribution is 2.20. The second-order valence-corrected chi connectivity index (χ2v) is 6.28. The zero-order valence-corrected chi connectivity index (χ0v) is 14.5. The number of fused-ring (bicyclic) bond motifs is 1. The van der Waals surface area contributed by atoms with Crippen LogP contribution in [0.4, 0.5) is 0 Å². The van der Waals surface area contributed by atoms with Crippen molar-refractivity contribution in [1.82, 2.24) is 19.3 Å². The quantitative estimate of drug-likeness (QED) is 0.721. The van der Waals surface area contributed by atoms with Crippen LogP contribution in [0.15, 0.2) is 48.9 Å². The van der Waals surface area contributed by atoms with E-state index in [9.17, 15) is 4.79 Å². The van der Waals surface area contributed by atoms with Crippen molar-refractivity contribution in [3.63, 3.8) is 0 Å². The van der Waals surface area contributed by atoms with Gasteiger partial charge in [-0.1, -0.05) is 6.07 Å². The molecule has 1 aliphatic heterocycles. The predicted molar refractivity (Wildman–Crippen MR) is 95.5 cm³/mol. The maximum Gasteiger partial charge on any atom is 0.319 e. The van der Waals surface area contributed by atoms with Gasteiger partial charge in [0.25, 0.3) is 5.91 Å². The monoisotopic (exact) mass is 352 g/mol. The Labute approximate surface area is 151 Å². The van der Waals surface area contributed by atoms with Crippen molar-refractivity contribution in [2.24, 2.45) is 0 Å². The van der Waals surface area contributed by atoms with E-state index in [1.54, 1.807) is 12.3 Å². The van der Waals surface area contributed by atoms with Gasteiger partial charge in [0.2, 0.25) is 5.88 Å². The number of pyridine rings is 1. The standard InChI is InChI=1S/C19H20N4O3/c1-25-19-20-8-7-17(21-19)26-16-6-4-10-23(13-16)18(24)14-11-15-5-2-3-9-22(15)12-14/h2-3,5,7-9,11-12,16H,4,6,10,13H2,1H3. The van der Waals surface area contributed by atoms with Crippen molar-refractivity contribution in [3.8, 4) is 11.9 Å². The summed E-state index contributed by atoms with van der Waals surface area (Å²) in [4.78, 5) is 22.9. The van der Waals surface area contributed by atoms with E-state index in [4.69, 9.17) is 9.47 Å². The highest BCUT2D eigenvalue weighted by molar-refractivity contribution is 5.95. The predicted octanol–water partition coefficient (Wildman–Crippen LogP) is 2.42. The van der Waals surface area contributed by atoms with E-state index in [1.165, 1.54) is 7.11 Å². The van der Waals surface area contributed by atoms with Gasteiger partial charge in [0.05, 0.1) is 19.2 Å². The van der Waals surface area contributed by atoms with Gasteiger partial charge in [-0.05, 0) is 31.0 Å². The Balaban J connectivity index is 1.46. The van der Waals surface area contributed by atoms with Crippen LogP contribution in [0.2, 0.25) is 0 Å². The summed E-state index contributed by atoms with van der Waals surface area (Å²) < 4.78 is 12.9. The van der Waals surface area contributed by atoms with Gasteiger partial charge >= 0.3 is 6.01 Å². The van der Waals surface area contributed by atoms with E-state index in [0.29, 0.717) is 18.0 Å². The Hall–Kier alpha value is -3.09. The smallest absolute Gasteiger partial charge is 0.319 e. The summed E-state index contributed by atoms with van der Waals surface area (Å²) in [5.74, 6) is 0.494. The van der Waals surface area contributed by atoms with Crippen LogP contribution < -0.4 is 9.47 Å². The molecule has 26 heavy (non-hydrogen) atoms.